The number of nitrogens with one attached hydrogen (secondary N) is 1. The third kappa shape index (κ3) is 4.89. The minimum Gasteiger partial charge on any atom is -0.461 e. The lowest BCUT2D eigenvalue weighted by Crippen LogP contribution is -2.25. The van der Waals surface area contributed by atoms with Gasteiger partial charge in [-0.05, 0) is 31.9 Å². The highest BCUT2D eigenvalue weighted by atomic mass is 16.5. The van der Waals surface area contributed by atoms with Crippen molar-refractivity contribution in [2.45, 2.75) is 33.8 Å². The number of ether oxygens (including phenoxy) is 1. The topological polar surface area (TPSA) is 38.3 Å². The molecule has 0 fully saturated rings. The van der Waals surface area contributed by atoms with Crippen LogP contribution >= 0.6 is 0 Å². The van der Waals surface area contributed by atoms with Crippen LogP contribution in [0, 0.1) is 12.8 Å². The van der Waals surface area contributed by atoms with Crippen molar-refractivity contribution in [3.8, 4) is 0 Å². The number of benzene rings is 1. The zero-order valence-corrected chi connectivity index (χ0v) is 11.0. The van der Waals surface area contributed by atoms with Crippen LogP contribution in [0.1, 0.15) is 26.3 Å². The molecule has 0 heterocycles. The number of rotatable bonds is 5. The molecule has 1 rings (SSSR count). The van der Waals surface area contributed by atoms with E-state index in [9.17, 15) is 4.79 Å². The first-order chi connectivity index (χ1) is 7.99. The number of esters is 1. The van der Waals surface area contributed by atoms with E-state index in [1.165, 1.54) is 5.56 Å². The van der Waals surface area contributed by atoms with Gasteiger partial charge in [-0.1, -0.05) is 31.5 Å². The van der Waals surface area contributed by atoms with E-state index in [1.807, 2.05) is 52.0 Å². The molecule has 17 heavy (non-hydrogen) atoms. The number of carbonyl (C=O) groups is 1. The smallest absolute Gasteiger partial charge is 0.325 e. The van der Waals surface area contributed by atoms with Gasteiger partial charge < -0.3 is 10.1 Å². The van der Waals surface area contributed by atoms with Crippen LogP contribution in [0.3, 0.4) is 0 Å². The van der Waals surface area contributed by atoms with Gasteiger partial charge in [0, 0.05) is 5.69 Å². The number of hydrogen-bond donors (Lipinski definition) is 1. The van der Waals surface area contributed by atoms with Crippen molar-refractivity contribution >= 4 is 11.7 Å². The Morgan fingerprint density at radius 3 is 2.35 bits per heavy atom. The molecule has 3 heteroatoms. The second kappa shape index (κ2) is 6.28. The fourth-order valence-corrected chi connectivity index (χ4v) is 1.23. The van der Waals surface area contributed by atoms with Gasteiger partial charge >= 0.3 is 5.97 Å². The molecule has 1 unspecified atom stereocenters. The van der Waals surface area contributed by atoms with Gasteiger partial charge in [0.15, 0.2) is 0 Å². The molecule has 0 bridgehead atoms. The molecule has 1 aromatic carbocycles. The van der Waals surface area contributed by atoms with E-state index in [2.05, 4.69) is 5.32 Å². The lowest BCUT2D eigenvalue weighted by Gasteiger charge is -2.16. The summed E-state index contributed by atoms with van der Waals surface area (Å²) in [6, 6.07) is 7.91. The zero-order valence-electron chi connectivity index (χ0n) is 11.0. The molecule has 0 amide bonds. The summed E-state index contributed by atoms with van der Waals surface area (Å²) >= 11 is 0. The monoisotopic (exact) mass is 235 g/mol. The van der Waals surface area contributed by atoms with Gasteiger partial charge in [-0.2, -0.15) is 0 Å². The molecule has 1 atom stereocenters. The second-order valence-electron chi connectivity index (χ2n) is 4.66. The molecule has 0 aliphatic heterocycles. The van der Waals surface area contributed by atoms with Crippen LogP contribution in [-0.4, -0.2) is 18.6 Å². The van der Waals surface area contributed by atoms with Crippen molar-refractivity contribution in [2.75, 3.05) is 11.9 Å². The highest BCUT2D eigenvalue weighted by Crippen LogP contribution is 2.09. The maximum atomic E-state index is 11.5. The molecular weight excluding hydrogens is 214 g/mol. The van der Waals surface area contributed by atoms with Gasteiger partial charge in [-0.25, -0.2) is 0 Å². The Bertz CT molecular complexity index is 357. The summed E-state index contributed by atoms with van der Waals surface area (Å²) in [5.74, 6) is 0.130. The molecule has 0 saturated heterocycles. The van der Waals surface area contributed by atoms with E-state index in [-0.39, 0.29) is 18.6 Å². The molecule has 0 aliphatic carbocycles. The zero-order chi connectivity index (χ0) is 12.8. The van der Waals surface area contributed by atoms with Crippen molar-refractivity contribution in [1.29, 1.82) is 0 Å². The summed E-state index contributed by atoms with van der Waals surface area (Å²) in [4.78, 5) is 11.5. The number of anilines is 1. The van der Waals surface area contributed by atoms with Gasteiger partial charge in [0.2, 0.25) is 0 Å². The van der Waals surface area contributed by atoms with Crippen LogP contribution in [0.4, 0.5) is 5.69 Å². The summed E-state index contributed by atoms with van der Waals surface area (Å²) < 4.78 is 5.26. The van der Waals surface area contributed by atoms with Crippen molar-refractivity contribution in [3.05, 3.63) is 29.8 Å². The lowest BCUT2D eigenvalue weighted by molar-refractivity contribution is -0.147. The van der Waals surface area contributed by atoms with E-state index in [4.69, 9.17) is 4.74 Å². The van der Waals surface area contributed by atoms with Crippen LogP contribution in [0.5, 0.6) is 0 Å². The normalized spacial score (nSPS) is 12.3. The maximum Gasteiger partial charge on any atom is 0.325 e. The van der Waals surface area contributed by atoms with Crippen molar-refractivity contribution in [2.24, 2.45) is 5.92 Å². The van der Waals surface area contributed by atoms with Crippen molar-refractivity contribution in [3.63, 3.8) is 0 Å². The largest absolute Gasteiger partial charge is 0.461 e. The minimum absolute atomic E-state index is 0.0395. The highest BCUT2D eigenvalue weighted by Gasteiger charge is 2.12. The maximum absolute atomic E-state index is 11.5. The molecule has 1 aromatic rings. The predicted octanol–water partition coefficient (Wildman–Crippen LogP) is 2.99. The Labute approximate surface area is 103 Å². The van der Waals surface area contributed by atoms with Crippen molar-refractivity contribution < 1.29 is 9.53 Å². The van der Waals surface area contributed by atoms with E-state index >= 15 is 0 Å². The Hall–Kier alpha value is -1.51. The average molecular weight is 235 g/mol. The quantitative estimate of drug-likeness (QED) is 0.797. The second-order valence-corrected chi connectivity index (χ2v) is 4.66. The molecule has 0 aromatic heterocycles. The van der Waals surface area contributed by atoms with Gasteiger partial charge in [0.1, 0.15) is 12.6 Å². The first-order valence-electron chi connectivity index (χ1n) is 5.99. The van der Waals surface area contributed by atoms with E-state index < -0.39 is 0 Å². The first kappa shape index (κ1) is 13.6. The standard InChI is InChI=1S/C14H21NO2/c1-10(2)12(4)17-14(16)9-15-13-7-5-11(3)6-8-13/h5-8,10,12,15H,9H2,1-4H3. The minimum atomic E-state index is -0.216. The van der Waals surface area contributed by atoms with Gasteiger partial charge in [0.05, 0.1) is 0 Å². The highest BCUT2D eigenvalue weighted by molar-refractivity contribution is 5.75. The van der Waals surface area contributed by atoms with E-state index in [1.54, 1.807) is 0 Å². The average Bonchev–Trinajstić information content (AvgIpc) is 2.28. The summed E-state index contributed by atoms with van der Waals surface area (Å²) in [6.07, 6.45) is -0.0395. The first-order valence-corrected chi connectivity index (χ1v) is 5.99. The molecule has 94 valence electrons. The van der Waals surface area contributed by atoms with Crippen LogP contribution < -0.4 is 5.32 Å². The van der Waals surface area contributed by atoms with Crippen LogP contribution in [0.15, 0.2) is 24.3 Å². The van der Waals surface area contributed by atoms with Gasteiger partial charge in [-0.15, -0.1) is 0 Å². The van der Waals surface area contributed by atoms with Crippen LogP contribution in [0.2, 0.25) is 0 Å². The molecule has 0 spiro atoms. The molecule has 1 N–H and O–H groups in total. The number of hydrogen-bond acceptors (Lipinski definition) is 3. The van der Waals surface area contributed by atoms with Gasteiger partial charge in [0.25, 0.3) is 0 Å². The predicted molar refractivity (Wildman–Crippen MR) is 70.1 cm³/mol. The molecular formula is C14H21NO2. The lowest BCUT2D eigenvalue weighted by atomic mass is 10.1. The molecule has 0 saturated carbocycles. The SMILES string of the molecule is Cc1ccc(NCC(=O)OC(C)C(C)C)cc1. The Balaban J connectivity index is 2.35. The fraction of sp³-hybridized carbons (Fsp3) is 0.500. The number of carbonyl (C=O) groups excluding carboxylic acids is 1. The summed E-state index contributed by atoms with van der Waals surface area (Å²) in [7, 11) is 0. The fourth-order valence-electron chi connectivity index (χ4n) is 1.23. The number of aryl methyl sites for hydroxylation is 1. The third-order valence-electron chi connectivity index (χ3n) is 2.74. The van der Waals surface area contributed by atoms with Gasteiger partial charge in [-0.3, -0.25) is 4.79 Å². The molecule has 3 nitrogen and oxygen atoms in total. The van der Waals surface area contributed by atoms with E-state index in [0.29, 0.717) is 5.92 Å². The Morgan fingerprint density at radius 1 is 1.24 bits per heavy atom. The third-order valence-corrected chi connectivity index (χ3v) is 2.74. The Morgan fingerprint density at radius 2 is 1.82 bits per heavy atom. The summed E-state index contributed by atoms with van der Waals surface area (Å²) in [6.45, 7) is 8.22. The van der Waals surface area contributed by atoms with Crippen LogP contribution in [-0.2, 0) is 9.53 Å². The molecule has 0 aliphatic rings. The van der Waals surface area contributed by atoms with Crippen molar-refractivity contribution in [1.82, 2.24) is 0 Å². The molecule has 0 radical (unpaired) electrons. The summed E-state index contributed by atoms with van der Waals surface area (Å²) in [5, 5.41) is 3.04. The van der Waals surface area contributed by atoms with E-state index in [0.717, 1.165) is 5.69 Å². The van der Waals surface area contributed by atoms with Crippen LogP contribution in [0.25, 0.3) is 0 Å². The Kier molecular flexibility index (Phi) is 5.01. The summed E-state index contributed by atoms with van der Waals surface area (Å²) in [5.41, 5.74) is 2.14.